The molecule has 114 valence electrons. The van der Waals surface area contributed by atoms with Gasteiger partial charge in [0.2, 0.25) is 0 Å². The second-order valence-corrected chi connectivity index (χ2v) is 6.77. The zero-order valence-corrected chi connectivity index (χ0v) is 11.4. The van der Waals surface area contributed by atoms with Gasteiger partial charge in [-0.25, -0.2) is 0 Å². The first-order chi connectivity index (χ1) is 8.52. The average Bonchev–Trinajstić information content (AvgIpc) is 2.23. The zero-order chi connectivity index (χ0) is 14.7. The van der Waals surface area contributed by atoms with Crippen molar-refractivity contribution in [1.29, 1.82) is 0 Å². The fourth-order valence-electron chi connectivity index (χ4n) is 2.25. The molecule has 19 heavy (non-hydrogen) atoms. The van der Waals surface area contributed by atoms with Crippen LogP contribution >= 0.6 is 0 Å². The lowest BCUT2D eigenvalue weighted by molar-refractivity contribution is -0.121. The van der Waals surface area contributed by atoms with Crippen molar-refractivity contribution in [1.82, 2.24) is 9.44 Å². The van der Waals surface area contributed by atoms with Crippen molar-refractivity contribution in [3.63, 3.8) is 0 Å². The molecule has 1 saturated carbocycles. The van der Waals surface area contributed by atoms with E-state index in [0.717, 1.165) is 12.8 Å². The second kappa shape index (κ2) is 5.94. The summed E-state index contributed by atoms with van der Waals surface area (Å²) < 4.78 is 61.7. The predicted molar refractivity (Wildman–Crippen MR) is 63.6 cm³/mol. The molecule has 0 bridgehead atoms. The van der Waals surface area contributed by atoms with Crippen LogP contribution in [0.4, 0.5) is 13.2 Å². The fourth-order valence-corrected chi connectivity index (χ4v) is 3.16. The predicted octanol–water partition coefficient (Wildman–Crippen LogP) is 0.914. The monoisotopic (exact) mass is 304 g/mol. The summed E-state index contributed by atoms with van der Waals surface area (Å²) in [5.41, 5.74) is -1.18. The van der Waals surface area contributed by atoms with E-state index in [9.17, 15) is 26.7 Å². The number of nitrogens with one attached hydrogen (secondary N) is 2. The molecule has 1 rings (SSSR count). The maximum Gasteiger partial charge on any atom is 0.402 e. The molecule has 0 aliphatic heterocycles. The van der Waals surface area contributed by atoms with Gasteiger partial charge in [-0.15, -0.1) is 0 Å². The lowest BCUT2D eigenvalue weighted by atomic mass is 9.79. The summed E-state index contributed by atoms with van der Waals surface area (Å²) in [5, 5.41) is 10.2. The van der Waals surface area contributed by atoms with Crippen LogP contribution in [0.2, 0.25) is 0 Å². The van der Waals surface area contributed by atoms with Gasteiger partial charge in [-0.2, -0.15) is 31.0 Å². The molecular formula is C10H19F3N2O3S. The third kappa shape index (κ3) is 6.55. The molecule has 5 nitrogen and oxygen atoms in total. The molecular weight excluding hydrogens is 285 g/mol. The number of hydrogen-bond acceptors (Lipinski definition) is 3. The van der Waals surface area contributed by atoms with Crippen LogP contribution in [0, 0.1) is 5.92 Å². The standard InChI is InChI=1S/C10H19F3N2O3S/c1-8-3-2-4-9(16,5-8)6-14-19(17,18)15-7-10(11,12)13/h8,14-16H,2-7H2,1H3. The average molecular weight is 304 g/mol. The van der Waals surface area contributed by atoms with Crippen LogP contribution in [0.3, 0.4) is 0 Å². The Balaban J connectivity index is 2.46. The molecule has 0 heterocycles. The number of rotatable bonds is 5. The van der Waals surface area contributed by atoms with Crippen LogP contribution in [-0.2, 0) is 10.2 Å². The van der Waals surface area contributed by atoms with Gasteiger partial charge in [-0.05, 0) is 18.8 Å². The highest BCUT2D eigenvalue weighted by Crippen LogP contribution is 2.31. The van der Waals surface area contributed by atoms with E-state index >= 15 is 0 Å². The molecule has 0 spiro atoms. The van der Waals surface area contributed by atoms with Gasteiger partial charge in [0, 0.05) is 6.54 Å². The van der Waals surface area contributed by atoms with E-state index in [0.29, 0.717) is 12.8 Å². The SMILES string of the molecule is CC1CCCC(O)(CNS(=O)(=O)NCC(F)(F)F)C1. The molecule has 0 aromatic rings. The molecule has 0 aromatic carbocycles. The first-order valence-corrected chi connectivity index (χ1v) is 7.53. The summed E-state index contributed by atoms with van der Waals surface area (Å²) in [6.45, 7) is 0.0439. The van der Waals surface area contributed by atoms with E-state index in [1.807, 2.05) is 11.6 Å². The quantitative estimate of drug-likeness (QED) is 0.706. The number of hydrogen-bond donors (Lipinski definition) is 3. The molecule has 0 saturated heterocycles. The van der Waals surface area contributed by atoms with E-state index in [-0.39, 0.29) is 12.5 Å². The normalized spacial score (nSPS) is 29.4. The minimum Gasteiger partial charge on any atom is -0.389 e. The third-order valence-corrected chi connectivity index (χ3v) is 4.17. The van der Waals surface area contributed by atoms with E-state index in [1.165, 1.54) is 4.72 Å². The van der Waals surface area contributed by atoms with Crippen molar-refractivity contribution in [2.24, 2.45) is 5.92 Å². The van der Waals surface area contributed by atoms with Gasteiger partial charge in [0.05, 0.1) is 5.60 Å². The van der Waals surface area contributed by atoms with E-state index in [2.05, 4.69) is 0 Å². The van der Waals surface area contributed by atoms with Gasteiger partial charge in [-0.1, -0.05) is 19.8 Å². The lowest BCUT2D eigenvalue weighted by Crippen LogP contribution is -2.49. The molecule has 1 fully saturated rings. The highest BCUT2D eigenvalue weighted by atomic mass is 32.2. The van der Waals surface area contributed by atoms with Crippen molar-refractivity contribution in [3.8, 4) is 0 Å². The molecule has 2 unspecified atom stereocenters. The Kier molecular flexibility index (Phi) is 5.21. The minimum atomic E-state index is -4.61. The Morgan fingerprint density at radius 1 is 1.37 bits per heavy atom. The molecule has 2 atom stereocenters. The van der Waals surface area contributed by atoms with Crippen molar-refractivity contribution in [3.05, 3.63) is 0 Å². The van der Waals surface area contributed by atoms with Crippen LogP contribution < -0.4 is 9.44 Å². The van der Waals surface area contributed by atoms with Crippen LogP contribution in [0.25, 0.3) is 0 Å². The minimum absolute atomic E-state index is 0.270. The number of alkyl halides is 3. The summed E-state index contributed by atoms with van der Waals surface area (Å²) in [5.74, 6) is 0.270. The van der Waals surface area contributed by atoms with Crippen molar-refractivity contribution >= 4 is 10.2 Å². The summed E-state index contributed by atoms with van der Waals surface area (Å²) in [4.78, 5) is 0. The van der Waals surface area contributed by atoms with Gasteiger partial charge >= 0.3 is 6.18 Å². The molecule has 9 heteroatoms. The van der Waals surface area contributed by atoms with Gasteiger partial charge < -0.3 is 5.11 Å². The Morgan fingerprint density at radius 2 is 2.00 bits per heavy atom. The molecule has 0 amide bonds. The van der Waals surface area contributed by atoms with Crippen LogP contribution in [0.5, 0.6) is 0 Å². The summed E-state index contributed by atoms with van der Waals surface area (Å²) >= 11 is 0. The lowest BCUT2D eigenvalue weighted by Gasteiger charge is -2.35. The van der Waals surface area contributed by atoms with Gasteiger partial charge in [0.25, 0.3) is 10.2 Å². The van der Waals surface area contributed by atoms with Crippen LogP contribution in [0.15, 0.2) is 0 Å². The maximum absolute atomic E-state index is 11.9. The van der Waals surface area contributed by atoms with Crippen molar-refractivity contribution < 1.29 is 26.7 Å². The Hall–Kier alpha value is -0.380. The van der Waals surface area contributed by atoms with E-state index < -0.39 is 28.5 Å². The molecule has 1 aliphatic carbocycles. The number of halogens is 3. The Morgan fingerprint density at radius 3 is 2.53 bits per heavy atom. The summed E-state index contributed by atoms with van der Waals surface area (Å²) in [7, 11) is -4.25. The molecule has 0 radical (unpaired) electrons. The first kappa shape index (κ1) is 16.7. The molecule has 3 N–H and O–H groups in total. The molecule has 1 aliphatic rings. The van der Waals surface area contributed by atoms with Gasteiger partial charge in [0.1, 0.15) is 6.54 Å². The smallest absolute Gasteiger partial charge is 0.389 e. The third-order valence-electron chi connectivity index (χ3n) is 3.12. The fraction of sp³-hybridized carbons (Fsp3) is 1.00. The summed E-state index contributed by atoms with van der Waals surface area (Å²) in [6.07, 6.45) is -1.99. The van der Waals surface area contributed by atoms with Crippen molar-refractivity contribution in [2.45, 2.75) is 44.4 Å². The first-order valence-electron chi connectivity index (χ1n) is 6.05. The Bertz CT molecular complexity index is 399. The topological polar surface area (TPSA) is 78.4 Å². The maximum atomic E-state index is 11.9. The second-order valence-electron chi connectivity index (χ2n) is 5.19. The summed E-state index contributed by atoms with van der Waals surface area (Å²) in [6, 6.07) is 0. The van der Waals surface area contributed by atoms with Gasteiger partial charge in [0.15, 0.2) is 0 Å². The largest absolute Gasteiger partial charge is 0.402 e. The van der Waals surface area contributed by atoms with E-state index in [4.69, 9.17) is 0 Å². The van der Waals surface area contributed by atoms with Crippen molar-refractivity contribution in [2.75, 3.05) is 13.1 Å². The Labute approximate surface area is 110 Å². The molecule has 0 aromatic heterocycles. The van der Waals surface area contributed by atoms with Crippen LogP contribution in [-0.4, -0.2) is 38.4 Å². The number of aliphatic hydroxyl groups is 1. The van der Waals surface area contributed by atoms with Crippen LogP contribution in [0.1, 0.15) is 32.6 Å². The van der Waals surface area contributed by atoms with Gasteiger partial charge in [-0.3, -0.25) is 0 Å². The highest BCUT2D eigenvalue weighted by Gasteiger charge is 2.34. The zero-order valence-electron chi connectivity index (χ0n) is 10.6. The van der Waals surface area contributed by atoms with E-state index in [1.54, 1.807) is 0 Å². The highest BCUT2D eigenvalue weighted by molar-refractivity contribution is 7.87.